The molecule has 1 aromatic rings. The number of hydrogen-bond donors (Lipinski definition) is 2. The van der Waals surface area contributed by atoms with Gasteiger partial charge in [-0.25, -0.2) is 18.1 Å². The summed E-state index contributed by atoms with van der Waals surface area (Å²) in [5, 5.41) is 5.09. The van der Waals surface area contributed by atoms with E-state index in [1.165, 1.54) is 7.11 Å². The summed E-state index contributed by atoms with van der Waals surface area (Å²) in [7, 11) is -1.60. The normalized spacial score (nSPS) is 24.4. The predicted molar refractivity (Wildman–Crippen MR) is 92.6 cm³/mol. The number of amides is 4. The van der Waals surface area contributed by atoms with E-state index in [9.17, 15) is 22.8 Å². The molecule has 2 N–H and O–H groups in total. The van der Waals surface area contributed by atoms with Crippen LogP contribution in [0.1, 0.15) is 12.8 Å². The van der Waals surface area contributed by atoms with Gasteiger partial charge in [0.25, 0.3) is 5.91 Å². The number of methoxy groups -OCH3 is 1. The van der Waals surface area contributed by atoms with E-state index in [0.717, 1.165) is 4.90 Å². The third-order valence-electron chi connectivity index (χ3n) is 4.34. The largest absolute Gasteiger partial charge is 0.497 e. The first-order chi connectivity index (χ1) is 12.3. The minimum atomic E-state index is -3.11. The molecule has 0 aromatic heterocycles. The second kappa shape index (κ2) is 6.94. The Kier molecular flexibility index (Phi) is 4.86. The number of imide groups is 1. The molecule has 2 saturated heterocycles. The topological polar surface area (TPSA) is 122 Å². The summed E-state index contributed by atoms with van der Waals surface area (Å²) in [4.78, 5) is 37.7. The fourth-order valence-corrected chi connectivity index (χ4v) is 4.70. The van der Waals surface area contributed by atoms with Crippen LogP contribution in [0.15, 0.2) is 24.3 Å². The van der Waals surface area contributed by atoms with Gasteiger partial charge < -0.3 is 15.4 Å². The molecule has 0 spiro atoms. The summed E-state index contributed by atoms with van der Waals surface area (Å²) in [6.07, 6.45) is 0.116. The van der Waals surface area contributed by atoms with Gasteiger partial charge in [-0.2, -0.15) is 0 Å². The summed E-state index contributed by atoms with van der Waals surface area (Å²) in [5.41, 5.74) is 0.373. The minimum Gasteiger partial charge on any atom is -0.497 e. The van der Waals surface area contributed by atoms with Gasteiger partial charge in [0, 0.05) is 6.04 Å². The van der Waals surface area contributed by atoms with Crippen LogP contribution in [-0.2, 0) is 19.4 Å². The lowest BCUT2D eigenvalue weighted by Gasteiger charge is -2.14. The molecule has 9 nitrogen and oxygen atoms in total. The van der Waals surface area contributed by atoms with E-state index >= 15 is 0 Å². The van der Waals surface area contributed by atoms with Gasteiger partial charge in [0.1, 0.15) is 11.8 Å². The second-order valence-corrected chi connectivity index (χ2v) is 8.47. The molecule has 0 saturated carbocycles. The Morgan fingerprint density at radius 3 is 2.58 bits per heavy atom. The SMILES string of the molecule is COc1ccc(N2C(=O)NC(CC(=O)NC3CCS(=O)(=O)C3)C2=O)cc1. The first-order valence-electron chi connectivity index (χ1n) is 8.07. The zero-order chi connectivity index (χ0) is 18.9. The van der Waals surface area contributed by atoms with Crippen molar-refractivity contribution in [1.82, 2.24) is 10.6 Å². The van der Waals surface area contributed by atoms with Crippen molar-refractivity contribution >= 4 is 33.4 Å². The highest BCUT2D eigenvalue weighted by Crippen LogP contribution is 2.23. The van der Waals surface area contributed by atoms with Gasteiger partial charge in [0.05, 0.1) is 30.7 Å². The molecule has 2 unspecified atom stereocenters. The van der Waals surface area contributed by atoms with Crippen molar-refractivity contribution in [1.29, 1.82) is 0 Å². The number of sulfone groups is 1. The Morgan fingerprint density at radius 1 is 1.31 bits per heavy atom. The molecule has 2 aliphatic rings. The monoisotopic (exact) mass is 381 g/mol. The lowest BCUT2D eigenvalue weighted by molar-refractivity contribution is -0.126. The van der Waals surface area contributed by atoms with Crippen LogP contribution in [-0.4, -0.2) is 57.0 Å². The smallest absolute Gasteiger partial charge is 0.329 e. The van der Waals surface area contributed by atoms with Crippen molar-refractivity contribution < 1.29 is 27.5 Å². The van der Waals surface area contributed by atoms with E-state index in [4.69, 9.17) is 4.74 Å². The molecule has 0 bridgehead atoms. The number of benzene rings is 1. The molecule has 10 heteroatoms. The van der Waals surface area contributed by atoms with Gasteiger partial charge >= 0.3 is 6.03 Å². The van der Waals surface area contributed by atoms with Gasteiger partial charge in [0.15, 0.2) is 9.84 Å². The van der Waals surface area contributed by atoms with Crippen LogP contribution in [0.25, 0.3) is 0 Å². The van der Waals surface area contributed by atoms with E-state index in [-0.39, 0.29) is 17.9 Å². The van der Waals surface area contributed by atoms with E-state index in [0.29, 0.717) is 17.9 Å². The Labute approximate surface area is 150 Å². The lowest BCUT2D eigenvalue weighted by atomic mass is 10.1. The Bertz CT molecular complexity index is 836. The van der Waals surface area contributed by atoms with E-state index < -0.39 is 39.8 Å². The average molecular weight is 381 g/mol. The number of carbonyl (C=O) groups excluding carboxylic acids is 3. The van der Waals surface area contributed by atoms with E-state index in [1.54, 1.807) is 24.3 Å². The van der Waals surface area contributed by atoms with Crippen molar-refractivity contribution in [2.75, 3.05) is 23.5 Å². The number of anilines is 1. The summed E-state index contributed by atoms with van der Waals surface area (Å²) in [6, 6.07) is 4.35. The average Bonchev–Trinajstić information content (AvgIpc) is 3.06. The zero-order valence-corrected chi connectivity index (χ0v) is 14.9. The standard InChI is InChI=1S/C16H19N3O6S/c1-25-12-4-2-11(3-5-12)19-15(21)13(18-16(19)22)8-14(20)17-10-6-7-26(23,24)9-10/h2-5,10,13H,6-9H2,1H3,(H,17,20)(H,18,22). The number of hydrogen-bond acceptors (Lipinski definition) is 6. The third kappa shape index (κ3) is 3.79. The highest BCUT2D eigenvalue weighted by atomic mass is 32.2. The number of nitrogens with one attached hydrogen (secondary N) is 2. The molecule has 140 valence electrons. The van der Waals surface area contributed by atoms with Gasteiger partial charge in [-0.3, -0.25) is 9.59 Å². The highest BCUT2D eigenvalue weighted by molar-refractivity contribution is 7.91. The van der Waals surface area contributed by atoms with Crippen LogP contribution in [0, 0.1) is 0 Å². The first-order valence-corrected chi connectivity index (χ1v) is 9.89. The van der Waals surface area contributed by atoms with Gasteiger partial charge in [-0.05, 0) is 30.7 Å². The third-order valence-corrected chi connectivity index (χ3v) is 6.10. The molecular formula is C16H19N3O6S. The van der Waals surface area contributed by atoms with E-state index in [2.05, 4.69) is 10.6 Å². The highest BCUT2D eigenvalue weighted by Gasteiger charge is 2.40. The number of ether oxygens (including phenoxy) is 1. The van der Waals surface area contributed by atoms with Gasteiger partial charge in [0.2, 0.25) is 5.91 Å². The summed E-state index contributed by atoms with van der Waals surface area (Å²) in [6.45, 7) is 0. The van der Waals surface area contributed by atoms with Crippen LogP contribution in [0.5, 0.6) is 5.75 Å². The van der Waals surface area contributed by atoms with Crippen molar-refractivity contribution in [2.24, 2.45) is 0 Å². The number of urea groups is 1. The Balaban J connectivity index is 1.62. The summed E-state index contributed by atoms with van der Waals surface area (Å²) < 4.78 is 27.9. The van der Waals surface area contributed by atoms with Crippen molar-refractivity contribution in [3.05, 3.63) is 24.3 Å². The fourth-order valence-electron chi connectivity index (χ4n) is 3.03. The first kappa shape index (κ1) is 18.2. The van der Waals surface area contributed by atoms with Crippen molar-refractivity contribution in [3.63, 3.8) is 0 Å². The quantitative estimate of drug-likeness (QED) is 0.682. The molecule has 1 aromatic carbocycles. The zero-order valence-electron chi connectivity index (χ0n) is 14.1. The second-order valence-electron chi connectivity index (χ2n) is 6.25. The fraction of sp³-hybridized carbons (Fsp3) is 0.438. The Hall–Kier alpha value is -2.62. The van der Waals surface area contributed by atoms with E-state index in [1.807, 2.05) is 0 Å². The number of nitrogens with zero attached hydrogens (tertiary/aromatic N) is 1. The maximum atomic E-state index is 12.5. The summed E-state index contributed by atoms with van der Waals surface area (Å²) in [5.74, 6) is -0.468. The minimum absolute atomic E-state index is 0.0439. The number of rotatable bonds is 5. The Morgan fingerprint density at radius 2 is 2.00 bits per heavy atom. The maximum absolute atomic E-state index is 12.5. The van der Waals surface area contributed by atoms with Gasteiger partial charge in [-0.1, -0.05) is 0 Å². The molecule has 2 atom stereocenters. The van der Waals surface area contributed by atoms with Crippen LogP contribution >= 0.6 is 0 Å². The summed E-state index contributed by atoms with van der Waals surface area (Å²) >= 11 is 0. The van der Waals surface area contributed by atoms with Crippen LogP contribution in [0.2, 0.25) is 0 Å². The van der Waals surface area contributed by atoms with Gasteiger partial charge in [-0.15, -0.1) is 0 Å². The molecule has 0 aliphatic carbocycles. The molecule has 3 rings (SSSR count). The van der Waals surface area contributed by atoms with Crippen LogP contribution in [0.3, 0.4) is 0 Å². The lowest BCUT2D eigenvalue weighted by Crippen LogP contribution is -2.41. The molecule has 4 amide bonds. The maximum Gasteiger partial charge on any atom is 0.329 e. The molecule has 0 radical (unpaired) electrons. The predicted octanol–water partition coefficient (Wildman–Crippen LogP) is -0.187. The van der Waals surface area contributed by atoms with Crippen molar-refractivity contribution in [3.8, 4) is 5.75 Å². The molecule has 2 aliphatic heterocycles. The van der Waals surface area contributed by atoms with Crippen LogP contribution < -0.4 is 20.3 Å². The van der Waals surface area contributed by atoms with Crippen molar-refractivity contribution in [2.45, 2.75) is 24.9 Å². The molecular weight excluding hydrogens is 362 g/mol. The molecule has 2 heterocycles. The molecule has 26 heavy (non-hydrogen) atoms. The van der Waals surface area contributed by atoms with Crippen LogP contribution in [0.4, 0.5) is 10.5 Å². The number of carbonyl (C=O) groups is 3. The molecule has 2 fully saturated rings.